The Morgan fingerprint density at radius 2 is 1.73 bits per heavy atom. The average molecular weight is 702 g/mol. The van der Waals surface area contributed by atoms with Crippen LogP contribution in [-0.4, -0.2) is 99.3 Å². The third-order valence-corrected chi connectivity index (χ3v) is 9.62. The number of halogens is 6. The molecule has 2 amide bonds. The molecule has 1 saturated carbocycles. The minimum atomic E-state index is -3.15. The van der Waals surface area contributed by atoms with E-state index in [4.69, 9.17) is 4.74 Å². The number of aliphatic hydroxyl groups is 1. The van der Waals surface area contributed by atoms with E-state index < -0.39 is 85.7 Å². The molecule has 3 aliphatic rings. The topological polar surface area (TPSA) is 153 Å². The molecule has 0 bridgehead atoms. The van der Waals surface area contributed by atoms with Crippen molar-refractivity contribution in [2.24, 2.45) is 5.92 Å². The fraction of sp³-hybridized carbons (Fsp3) is 0.700. The van der Waals surface area contributed by atoms with Gasteiger partial charge in [0.15, 0.2) is 0 Å². The van der Waals surface area contributed by atoms with Gasteiger partial charge in [-0.05, 0) is 45.4 Å². The number of imidazole rings is 1. The van der Waals surface area contributed by atoms with Gasteiger partial charge < -0.3 is 20.1 Å². The number of piperidine rings is 1. The van der Waals surface area contributed by atoms with E-state index in [1.165, 1.54) is 32.8 Å². The largest absolute Gasteiger partial charge is 0.384 e. The van der Waals surface area contributed by atoms with Crippen LogP contribution in [0.5, 0.6) is 0 Å². The van der Waals surface area contributed by atoms with E-state index in [2.05, 4.69) is 30.5 Å². The second-order valence-electron chi connectivity index (χ2n) is 13.5. The van der Waals surface area contributed by atoms with Crippen molar-refractivity contribution in [2.45, 2.75) is 113 Å². The number of nitrogens with one attached hydrogen (secondary N) is 1. The zero-order valence-corrected chi connectivity index (χ0v) is 26.8. The highest BCUT2D eigenvalue weighted by molar-refractivity contribution is 5.91. The lowest BCUT2D eigenvalue weighted by Gasteiger charge is -2.44. The van der Waals surface area contributed by atoms with Gasteiger partial charge in [0, 0.05) is 38.3 Å². The molecule has 3 aromatic heterocycles. The van der Waals surface area contributed by atoms with E-state index in [0.29, 0.717) is 0 Å². The quantitative estimate of drug-likeness (QED) is 0.331. The molecular formula is C30H37F6N9O4. The lowest BCUT2D eigenvalue weighted by molar-refractivity contribution is -0.182. The Hall–Kier alpha value is -3.87. The van der Waals surface area contributed by atoms with E-state index in [1.807, 2.05) is 13.8 Å². The molecule has 268 valence electrons. The van der Waals surface area contributed by atoms with Gasteiger partial charge in [-0.3, -0.25) is 9.59 Å². The summed E-state index contributed by atoms with van der Waals surface area (Å²) >= 11 is 0. The number of nitrogens with zero attached hydrogens (tertiary/aromatic N) is 8. The van der Waals surface area contributed by atoms with Crippen LogP contribution in [0.3, 0.4) is 0 Å². The van der Waals surface area contributed by atoms with Crippen LogP contribution in [0.2, 0.25) is 0 Å². The van der Waals surface area contributed by atoms with E-state index in [-0.39, 0.29) is 67.7 Å². The number of carbonyl (C=O) groups is 2. The van der Waals surface area contributed by atoms with Crippen molar-refractivity contribution in [3.63, 3.8) is 0 Å². The molecule has 4 atom stereocenters. The first-order valence-electron chi connectivity index (χ1n) is 16.2. The number of ether oxygens (including phenoxy) is 1. The molecule has 2 aliphatic heterocycles. The van der Waals surface area contributed by atoms with Gasteiger partial charge >= 0.3 is 0 Å². The summed E-state index contributed by atoms with van der Waals surface area (Å²) in [4.78, 5) is 41.2. The lowest BCUT2D eigenvalue weighted by Crippen LogP contribution is -2.55. The second kappa shape index (κ2) is 13.1. The number of carbonyl (C=O) groups excluding carboxylic acids is 2. The van der Waals surface area contributed by atoms with Crippen LogP contribution in [0.15, 0.2) is 18.7 Å². The predicted octanol–water partition coefficient (Wildman–Crippen LogP) is 4.07. The third kappa shape index (κ3) is 7.22. The van der Waals surface area contributed by atoms with Crippen molar-refractivity contribution in [1.82, 2.24) is 44.6 Å². The van der Waals surface area contributed by atoms with E-state index in [9.17, 15) is 41.0 Å². The number of rotatable bonds is 8. The van der Waals surface area contributed by atoms with Gasteiger partial charge in [-0.15, -0.1) is 0 Å². The maximum atomic E-state index is 14.1. The van der Waals surface area contributed by atoms with E-state index in [0.717, 1.165) is 0 Å². The Bertz CT molecular complexity index is 1670. The van der Waals surface area contributed by atoms with Crippen molar-refractivity contribution >= 4 is 17.6 Å². The number of aromatic nitrogens is 7. The highest BCUT2D eigenvalue weighted by Gasteiger charge is 2.49. The standard InChI is InChI=1S/C30H37F6N9O4/c1-16(2)45-23(37-15-39-45)24(46)42-22(17-3-6-29(33,34)7-4-17)19-13-44-27(41-19)40-18(12-38-44)20-11-28(48,26(31)32)9-10-43(20)25(47)21-5-8-30(35,36)14-49-21/h12-13,15-17,20-22,26,48H,3-11,14H2,1-2H3,(H,42,46)/t20-,21-,22-,28+/m0/s1. The third-order valence-electron chi connectivity index (χ3n) is 9.62. The zero-order chi connectivity index (χ0) is 35.3. The Morgan fingerprint density at radius 1 is 1.02 bits per heavy atom. The van der Waals surface area contributed by atoms with Crippen LogP contribution in [0.1, 0.15) is 105 Å². The number of hydrogen-bond donors (Lipinski definition) is 2. The van der Waals surface area contributed by atoms with Crippen molar-refractivity contribution in [2.75, 3.05) is 13.2 Å². The Balaban J connectivity index is 1.31. The molecule has 6 rings (SSSR count). The number of hydrogen-bond acceptors (Lipinski definition) is 9. The number of alkyl halides is 6. The van der Waals surface area contributed by atoms with Crippen molar-refractivity contribution < 1.29 is 45.8 Å². The number of amides is 2. The van der Waals surface area contributed by atoms with Crippen LogP contribution in [-0.2, 0) is 9.53 Å². The van der Waals surface area contributed by atoms with E-state index >= 15 is 0 Å². The van der Waals surface area contributed by atoms with Gasteiger partial charge in [0.25, 0.3) is 29.9 Å². The summed E-state index contributed by atoms with van der Waals surface area (Å²) in [5, 5.41) is 22.0. The fourth-order valence-electron chi connectivity index (χ4n) is 6.78. The summed E-state index contributed by atoms with van der Waals surface area (Å²) in [6.45, 7) is 2.34. The molecule has 2 saturated heterocycles. The second-order valence-corrected chi connectivity index (χ2v) is 13.5. The van der Waals surface area contributed by atoms with Crippen LogP contribution in [0.4, 0.5) is 26.3 Å². The first-order valence-corrected chi connectivity index (χ1v) is 16.2. The maximum Gasteiger partial charge on any atom is 0.289 e. The summed E-state index contributed by atoms with van der Waals surface area (Å²) in [5.74, 6) is -7.71. The summed E-state index contributed by atoms with van der Waals surface area (Å²) in [5.41, 5.74) is -2.22. The summed E-state index contributed by atoms with van der Waals surface area (Å²) < 4.78 is 91.5. The monoisotopic (exact) mass is 701 g/mol. The Kier molecular flexibility index (Phi) is 9.36. The molecule has 0 unspecified atom stereocenters. The molecule has 1 aliphatic carbocycles. The molecule has 3 aromatic rings. The van der Waals surface area contributed by atoms with Crippen LogP contribution in [0.25, 0.3) is 5.78 Å². The average Bonchev–Trinajstić information content (AvgIpc) is 3.71. The van der Waals surface area contributed by atoms with Gasteiger partial charge in [-0.2, -0.15) is 10.2 Å². The zero-order valence-electron chi connectivity index (χ0n) is 26.8. The molecule has 13 nitrogen and oxygen atoms in total. The maximum absolute atomic E-state index is 14.1. The van der Waals surface area contributed by atoms with Crippen LogP contribution >= 0.6 is 0 Å². The van der Waals surface area contributed by atoms with Gasteiger partial charge in [-0.25, -0.2) is 50.5 Å². The van der Waals surface area contributed by atoms with Gasteiger partial charge in [0.05, 0.1) is 35.9 Å². The molecule has 0 aromatic carbocycles. The molecule has 19 heteroatoms. The summed E-state index contributed by atoms with van der Waals surface area (Å²) in [6, 6.07) is -2.30. The predicted molar refractivity (Wildman–Crippen MR) is 157 cm³/mol. The van der Waals surface area contributed by atoms with E-state index in [1.54, 1.807) is 0 Å². The van der Waals surface area contributed by atoms with Crippen LogP contribution in [0, 0.1) is 5.92 Å². The Labute approximate surface area is 276 Å². The minimum absolute atomic E-state index is 0.000781. The lowest BCUT2D eigenvalue weighted by atomic mass is 9.81. The molecule has 49 heavy (non-hydrogen) atoms. The molecule has 3 fully saturated rings. The van der Waals surface area contributed by atoms with Gasteiger partial charge in [-0.1, -0.05) is 0 Å². The van der Waals surface area contributed by atoms with Gasteiger partial charge in [0.1, 0.15) is 24.6 Å². The van der Waals surface area contributed by atoms with Crippen molar-refractivity contribution in [3.8, 4) is 0 Å². The van der Waals surface area contributed by atoms with Crippen molar-refractivity contribution in [1.29, 1.82) is 0 Å². The van der Waals surface area contributed by atoms with Gasteiger partial charge in [0.2, 0.25) is 11.7 Å². The smallest absolute Gasteiger partial charge is 0.289 e. The summed E-state index contributed by atoms with van der Waals surface area (Å²) in [6.07, 6.45) is -3.04. The SMILES string of the molecule is CC(C)n1ncnc1C(=O)N[C@H](c1cn2ncc([C@@H]3C[C@@](O)(C(F)F)CCN3C(=O)[C@@H]3CCC(F)(F)CO3)nc2n1)C1CCC(F)(F)CC1. The highest BCUT2D eigenvalue weighted by atomic mass is 19.3. The molecule has 2 N–H and O–H groups in total. The molecular weight excluding hydrogens is 664 g/mol. The normalized spacial score (nSPS) is 26.7. The molecule has 0 spiro atoms. The van der Waals surface area contributed by atoms with Crippen molar-refractivity contribution in [3.05, 3.63) is 35.9 Å². The highest BCUT2D eigenvalue weighted by Crippen LogP contribution is 2.43. The van der Waals surface area contributed by atoms with Crippen LogP contribution < -0.4 is 5.32 Å². The summed E-state index contributed by atoms with van der Waals surface area (Å²) in [7, 11) is 0. The Morgan fingerprint density at radius 3 is 2.39 bits per heavy atom. The molecule has 5 heterocycles. The minimum Gasteiger partial charge on any atom is -0.384 e. The fourth-order valence-corrected chi connectivity index (χ4v) is 6.78. The first kappa shape index (κ1) is 35.0. The number of likely N-dealkylation sites (tertiary alicyclic amines) is 1. The number of fused-ring (bicyclic) bond motifs is 1. The molecule has 0 radical (unpaired) electrons. The first-order chi connectivity index (χ1) is 23.1.